The summed E-state index contributed by atoms with van der Waals surface area (Å²) in [6, 6.07) is 7.69. The highest BCUT2D eigenvalue weighted by atomic mass is 16.6. The van der Waals surface area contributed by atoms with Gasteiger partial charge in [-0.1, -0.05) is 5.16 Å². The maximum atomic E-state index is 5.35. The molecule has 0 aromatic heterocycles. The Kier molecular flexibility index (Phi) is 5.36. The highest BCUT2D eigenvalue weighted by Gasteiger charge is 1.98. The molecule has 0 saturated carbocycles. The molecule has 0 aliphatic heterocycles. The number of ether oxygens (including phenoxy) is 1. The van der Waals surface area contributed by atoms with E-state index in [2.05, 4.69) is 5.16 Å². The number of oxime groups is 1. The Balaban J connectivity index is 2.54. The fourth-order valence-corrected chi connectivity index (χ4v) is 1.18. The van der Waals surface area contributed by atoms with Gasteiger partial charge in [-0.05, 0) is 49.7 Å². The van der Waals surface area contributed by atoms with Crippen LogP contribution in [-0.2, 0) is 4.84 Å². The average molecular weight is 222 g/mol. The molecule has 0 atom stereocenters. The first-order chi connectivity index (χ1) is 7.77. The van der Waals surface area contributed by atoms with Crippen LogP contribution in [-0.4, -0.2) is 26.0 Å². The van der Waals surface area contributed by atoms with Gasteiger partial charge >= 0.3 is 0 Å². The van der Waals surface area contributed by atoms with Crippen molar-refractivity contribution in [1.82, 2.24) is 0 Å². The van der Waals surface area contributed by atoms with E-state index < -0.39 is 0 Å². The smallest absolute Gasteiger partial charge is 0.118 e. The first-order valence-corrected chi connectivity index (χ1v) is 5.29. The monoisotopic (exact) mass is 222 g/mol. The fraction of sp³-hybridized carbons (Fsp3) is 0.417. The molecule has 0 radical (unpaired) electrons. The van der Waals surface area contributed by atoms with Crippen LogP contribution in [0.2, 0.25) is 0 Å². The fourth-order valence-electron chi connectivity index (χ4n) is 1.18. The molecular formula is C12H18N2O2. The van der Waals surface area contributed by atoms with Crippen molar-refractivity contribution in [3.8, 4) is 5.75 Å². The molecular weight excluding hydrogens is 204 g/mol. The van der Waals surface area contributed by atoms with Crippen molar-refractivity contribution in [1.29, 1.82) is 0 Å². The zero-order valence-electron chi connectivity index (χ0n) is 9.77. The van der Waals surface area contributed by atoms with Gasteiger partial charge in [-0.3, -0.25) is 0 Å². The number of hydrogen-bond acceptors (Lipinski definition) is 4. The summed E-state index contributed by atoms with van der Waals surface area (Å²) in [6.07, 6.45) is 0.819. The molecule has 1 aromatic rings. The van der Waals surface area contributed by atoms with Gasteiger partial charge < -0.3 is 15.3 Å². The highest BCUT2D eigenvalue weighted by Crippen LogP contribution is 2.12. The first-order valence-electron chi connectivity index (χ1n) is 5.29. The van der Waals surface area contributed by atoms with Crippen LogP contribution in [0.3, 0.4) is 0 Å². The highest BCUT2D eigenvalue weighted by molar-refractivity contribution is 5.98. The third kappa shape index (κ3) is 3.90. The molecule has 1 aromatic carbocycles. The van der Waals surface area contributed by atoms with Crippen molar-refractivity contribution in [3.63, 3.8) is 0 Å². The molecule has 0 saturated heterocycles. The molecule has 4 heteroatoms. The number of hydrogen-bond donors (Lipinski definition) is 1. The van der Waals surface area contributed by atoms with Gasteiger partial charge in [0.25, 0.3) is 0 Å². The van der Waals surface area contributed by atoms with E-state index in [4.69, 9.17) is 15.3 Å². The Hall–Kier alpha value is -1.55. The molecule has 0 aliphatic rings. The van der Waals surface area contributed by atoms with E-state index in [0.717, 1.165) is 23.4 Å². The summed E-state index contributed by atoms with van der Waals surface area (Å²) in [5.74, 6) is 0.834. The van der Waals surface area contributed by atoms with Gasteiger partial charge in [0, 0.05) is 0 Å². The Bertz CT molecular complexity index is 333. The standard InChI is InChI=1S/C12H18N2O2/c1-10(14-16-9-3-8-13)11-4-6-12(15-2)7-5-11/h4-7H,3,8-9,13H2,1-2H3. The topological polar surface area (TPSA) is 56.8 Å². The maximum absolute atomic E-state index is 5.35. The molecule has 1 rings (SSSR count). The van der Waals surface area contributed by atoms with E-state index >= 15 is 0 Å². The predicted octanol–water partition coefficient (Wildman–Crippen LogP) is 1.78. The second kappa shape index (κ2) is 6.85. The Morgan fingerprint density at radius 1 is 1.31 bits per heavy atom. The summed E-state index contributed by atoms with van der Waals surface area (Å²) in [5, 5.41) is 4.01. The number of nitrogens with two attached hydrogens (primary N) is 1. The van der Waals surface area contributed by atoms with Crippen molar-refractivity contribution < 1.29 is 9.57 Å². The molecule has 2 N–H and O–H groups in total. The molecule has 0 spiro atoms. The van der Waals surface area contributed by atoms with Gasteiger partial charge in [0.1, 0.15) is 12.4 Å². The molecule has 0 unspecified atom stereocenters. The molecule has 0 amide bonds. The average Bonchev–Trinajstić information content (AvgIpc) is 2.34. The number of nitrogens with zero attached hydrogens (tertiary/aromatic N) is 1. The SMILES string of the molecule is COc1ccc(C(C)=NOCCCN)cc1. The van der Waals surface area contributed by atoms with Crippen molar-refractivity contribution in [3.05, 3.63) is 29.8 Å². The van der Waals surface area contributed by atoms with Crippen LogP contribution in [0.4, 0.5) is 0 Å². The Labute approximate surface area is 96.0 Å². The van der Waals surface area contributed by atoms with Gasteiger partial charge in [-0.25, -0.2) is 0 Å². The quantitative estimate of drug-likeness (QED) is 0.453. The van der Waals surface area contributed by atoms with E-state index in [9.17, 15) is 0 Å². The van der Waals surface area contributed by atoms with Gasteiger partial charge in [-0.2, -0.15) is 0 Å². The molecule has 0 bridgehead atoms. The summed E-state index contributed by atoms with van der Waals surface area (Å²) >= 11 is 0. The molecule has 0 aliphatic carbocycles. The Morgan fingerprint density at radius 2 is 2.00 bits per heavy atom. The van der Waals surface area contributed by atoms with Gasteiger partial charge in [-0.15, -0.1) is 0 Å². The zero-order chi connectivity index (χ0) is 11.8. The van der Waals surface area contributed by atoms with Crippen LogP contribution in [0.1, 0.15) is 18.9 Å². The minimum Gasteiger partial charge on any atom is -0.497 e. The summed E-state index contributed by atoms with van der Waals surface area (Å²) in [5.41, 5.74) is 7.21. The lowest BCUT2D eigenvalue weighted by molar-refractivity contribution is 0.143. The van der Waals surface area contributed by atoms with Gasteiger partial charge in [0.05, 0.1) is 12.8 Å². The van der Waals surface area contributed by atoms with Crippen molar-refractivity contribution in [2.75, 3.05) is 20.3 Å². The second-order valence-corrected chi connectivity index (χ2v) is 3.38. The van der Waals surface area contributed by atoms with E-state index in [1.807, 2.05) is 31.2 Å². The van der Waals surface area contributed by atoms with Crippen LogP contribution >= 0.6 is 0 Å². The lowest BCUT2D eigenvalue weighted by Crippen LogP contribution is -2.03. The normalized spacial score (nSPS) is 11.3. The van der Waals surface area contributed by atoms with Gasteiger partial charge in [0.15, 0.2) is 0 Å². The van der Waals surface area contributed by atoms with Crippen LogP contribution in [0.15, 0.2) is 29.4 Å². The van der Waals surface area contributed by atoms with E-state index in [0.29, 0.717) is 13.2 Å². The molecule has 4 nitrogen and oxygen atoms in total. The largest absolute Gasteiger partial charge is 0.497 e. The minimum atomic E-state index is 0.560. The lowest BCUT2D eigenvalue weighted by atomic mass is 10.1. The Morgan fingerprint density at radius 3 is 2.56 bits per heavy atom. The van der Waals surface area contributed by atoms with E-state index in [1.54, 1.807) is 7.11 Å². The van der Waals surface area contributed by atoms with Crippen LogP contribution < -0.4 is 10.5 Å². The predicted molar refractivity (Wildman–Crippen MR) is 64.8 cm³/mol. The molecule has 0 heterocycles. The second-order valence-electron chi connectivity index (χ2n) is 3.38. The zero-order valence-corrected chi connectivity index (χ0v) is 9.77. The van der Waals surface area contributed by atoms with Crippen molar-refractivity contribution >= 4 is 5.71 Å². The number of methoxy groups -OCH3 is 1. The maximum Gasteiger partial charge on any atom is 0.118 e. The summed E-state index contributed by atoms with van der Waals surface area (Å²) in [7, 11) is 1.64. The van der Waals surface area contributed by atoms with E-state index in [1.165, 1.54) is 0 Å². The molecule has 0 fully saturated rings. The minimum absolute atomic E-state index is 0.560. The molecule has 88 valence electrons. The van der Waals surface area contributed by atoms with Crippen LogP contribution in [0.5, 0.6) is 5.75 Å². The first kappa shape index (κ1) is 12.5. The summed E-state index contributed by atoms with van der Waals surface area (Å²) < 4.78 is 5.08. The number of benzene rings is 1. The van der Waals surface area contributed by atoms with Crippen LogP contribution in [0.25, 0.3) is 0 Å². The third-order valence-electron chi connectivity index (χ3n) is 2.15. The third-order valence-corrected chi connectivity index (χ3v) is 2.15. The van der Waals surface area contributed by atoms with Crippen LogP contribution in [0, 0.1) is 0 Å². The summed E-state index contributed by atoms with van der Waals surface area (Å²) in [4.78, 5) is 5.12. The number of rotatable bonds is 6. The lowest BCUT2D eigenvalue weighted by Gasteiger charge is -2.03. The molecule has 16 heavy (non-hydrogen) atoms. The van der Waals surface area contributed by atoms with Gasteiger partial charge in [0.2, 0.25) is 0 Å². The summed E-state index contributed by atoms with van der Waals surface area (Å²) in [6.45, 7) is 3.09. The van der Waals surface area contributed by atoms with E-state index in [-0.39, 0.29) is 0 Å². The van der Waals surface area contributed by atoms with Crippen molar-refractivity contribution in [2.24, 2.45) is 10.9 Å². The van der Waals surface area contributed by atoms with Crippen molar-refractivity contribution in [2.45, 2.75) is 13.3 Å².